The molecule has 6 heteroatoms. The fraction of sp³-hybridized carbons (Fsp3) is 0.214. The standard InChI is InChI=1S/C28H29N3O2S/c1-19-14-20(2)16-22(15-19)30-27(32)18-34-26-17-31(25-11-7-6-10-24(25)26)13-12-29-28(33)23-9-5-4-8-21(23)3/h4-11,14-17H,12-13,18H2,1-3H3,(H,29,33)(H,30,32). The Bertz CT molecular complexity index is 1320. The number of thioether (sulfide) groups is 1. The van der Waals surface area contributed by atoms with Crippen LogP contribution in [0.1, 0.15) is 27.0 Å². The van der Waals surface area contributed by atoms with E-state index in [9.17, 15) is 9.59 Å². The van der Waals surface area contributed by atoms with Crippen molar-refractivity contribution < 1.29 is 9.59 Å². The van der Waals surface area contributed by atoms with Crippen LogP contribution < -0.4 is 10.6 Å². The molecule has 0 aliphatic rings. The van der Waals surface area contributed by atoms with Crippen LogP contribution in [0.5, 0.6) is 0 Å². The van der Waals surface area contributed by atoms with Crippen molar-refractivity contribution in [3.05, 3.63) is 95.2 Å². The molecule has 2 amide bonds. The summed E-state index contributed by atoms with van der Waals surface area (Å²) in [6.07, 6.45) is 2.07. The Labute approximate surface area is 204 Å². The van der Waals surface area contributed by atoms with Gasteiger partial charge in [0, 0.05) is 46.3 Å². The number of carbonyl (C=O) groups is 2. The van der Waals surface area contributed by atoms with Gasteiger partial charge in [-0.05, 0) is 61.7 Å². The highest BCUT2D eigenvalue weighted by molar-refractivity contribution is 8.00. The van der Waals surface area contributed by atoms with Gasteiger partial charge in [-0.15, -0.1) is 11.8 Å². The lowest BCUT2D eigenvalue weighted by molar-refractivity contribution is -0.113. The van der Waals surface area contributed by atoms with E-state index in [-0.39, 0.29) is 11.8 Å². The van der Waals surface area contributed by atoms with Crippen LogP contribution in [0, 0.1) is 20.8 Å². The molecule has 0 saturated heterocycles. The van der Waals surface area contributed by atoms with Crippen molar-refractivity contribution in [2.75, 3.05) is 17.6 Å². The Morgan fingerprint density at radius 1 is 0.912 bits per heavy atom. The Morgan fingerprint density at radius 3 is 2.38 bits per heavy atom. The number of rotatable bonds is 8. The zero-order chi connectivity index (χ0) is 24.1. The zero-order valence-electron chi connectivity index (χ0n) is 19.7. The Morgan fingerprint density at radius 2 is 1.62 bits per heavy atom. The second-order valence-electron chi connectivity index (χ2n) is 8.49. The number of carbonyl (C=O) groups excluding carboxylic acids is 2. The van der Waals surface area contributed by atoms with E-state index in [1.165, 1.54) is 11.8 Å². The minimum atomic E-state index is -0.0628. The average molecular weight is 472 g/mol. The molecule has 3 aromatic carbocycles. The largest absolute Gasteiger partial charge is 0.350 e. The summed E-state index contributed by atoms with van der Waals surface area (Å²) in [5.74, 6) is 0.231. The van der Waals surface area contributed by atoms with Crippen molar-refractivity contribution in [3.63, 3.8) is 0 Å². The van der Waals surface area contributed by atoms with Gasteiger partial charge in [-0.3, -0.25) is 9.59 Å². The highest BCUT2D eigenvalue weighted by Gasteiger charge is 2.12. The second kappa shape index (κ2) is 10.6. The lowest BCUT2D eigenvalue weighted by atomic mass is 10.1. The molecule has 34 heavy (non-hydrogen) atoms. The molecule has 0 bridgehead atoms. The summed E-state index contributed by atoms with van der Waals surface area (Å²) in [6.45, 7) is 7.15. The lowest BCUT2D eigenvalue weighted by Gasteiger charge is -2.09. The number of aryl methyl sites for hydroxylation is 3. The third-order valence-electron chi connectivity index (χ3n) is 5.64. The third-order valence-corrected chi connectivity index (χ3v) is 6.69. The molecular weight excluding hydrogens is 442 g/mol. The maximum Gasteiger partial charge on any atom is 0.251 e. The summed E-state index contributed by atoms with van der Waals surface area (Å²) in [7, 11) is 0. The molecule has 0 aliphatic carbocycles. The fourth-order valence-electron chi connectivity index (χ4n) is 4.11. The van der Waals surface area contributed by atoms with Crippen molar-refractivity contribution >= 4 is 40.2 Å². The number of hydrogen-bond acceptors (Lipinski definition) is 3. The van der Waals surface area contributed by atoms with Gasteiger partial charge in [0.15, 0.2) is 0 Å². The molecule has 0 atom stereocenters. The van der Waals surface area contributed by atoms with Gasteiger partial charge in [0.2, 0.25) is 5.91 Å². The second-order valence-corrected chi connectivity index (χ2v) is 9.51. The minimum absolute atomic E-state index is 0.0303. The lowest BCUT2D eigenvalue weighted by Crippen LogP contribution is -2.27. The van der Waals surface area contributed by atoms with Crippen molar-refractivity contribution in [3.8, 4) is 0 Å². The Balaban J connectivity index is 1.40. The number of hydrogen-bond donors (Lipinski definition) is 2. The van der Waals surface area contributed by atoms with Gasteiger partial charge in [-0.25, -0.2) is 0 Å². The van der Waals surface area contributed by atoms with Crippen LogP contribution in [0.2, 0.25) is 0 Å². The first-order chi connectivity index (χ1) is 16.4. The number of benzene rings is 3. The van der Waals surface area contributed by atoms with Crippen LogP contribution in [0.3, 0.4) is 0 Å². The topological polar surface area (TPSA) is 63.1 Å². The molecule has 0 unspecified atom stereocenters. The van der Waals surface area contributed by atoms with E-state index in [2.05, 4.69) is 39.6 Å². The molecule has 4 aromatic rings. The predicted molar refractivity (Wildman–Crippen MR) is 141 cm³/mol. The maximum absolute atomic E-state index is 12.6. The molecule has 1 aromatic heterocycles. The van der Waals surface area contributed by atoms with Gasteiger partial charge in [0.05, 0.1) is 5.75 Å². The van der Waals surface area contributed by atoms with Gasteiger partial charge in [-0.1, -0.05) is 42.5 Å². The van der Waals surface area contributed by atoms with Crippen molar-refractivity contribution in [1.29, 1.82) is 0 Å². The summed E-state index contributed by atoms with van der Waals surface area (Å²) >= 11 is 1.52. The van der Waals surface area contributed by atoms with Crippen LogP contribution in [0.25, 0.3) is 10.9 Å². The van der Waals surface area contributed by atoms with Gasteiger partial charge in [-0.2, -0.15) is 0 Å². The zero-order valence-corrected chi connectivity index (χ0v) is 20.5. The van der Waals surface area contributed by atoms with Crippen molar-refractivity contribution in [1.82, 2.24) is 9.88 Å². The number of anilines is 1. The van der Waals surface area contributed by atoms with E-state index in [4.69, 9.17) is 0 Å². The van der Waals surface area contributed by atoms with Crippen LogP contribution >= 0.6 is 11.8 Å². The normalized spacial score (nSPS) is 10.9. The van der Waals surface area contributed by atoms with Gasteiger partial charge >= 0.3 is 0 Å². The van der Waals surface area contributed by atoms with E-state index in [1.807, 2.05) is 69.3 Å². The number of nitrogens with one attached hydrogen (secondary N) is 2. The summed E-state index contributed by atoms with van der Waals surface area (Å²) in [5, 5.41) is 7.13. The highest BCUT2D eigenvalue weighted by atomic mass is 32.2. The molecule has 0 saturated carbocycles. The van der Waals surface area contributed by atoms with E-state index in [0.717, 1.165) is 38.2 Å². The van der Waals surface area contributed by atoms with Gasteiger partial charge in [0.25, 0.3) is 5.91 Å². The van der Waals surface area contributed by atoms with Crippen molar-refractivity contribution in [2.24, 2.45) is 0 Å². The molecule has 0 spiro atoms. The number of amides is 2. The molecule has 1 heterocycles. The molecule has 0 fully saturated rings. The minimum Gasteiger partial charge on any atom is -0.350 e. The maximum atomic E-state index is 12.6. The quantitative estimate of drug-likeness (QED) is 0.323. The molecule has 5 nitrogen and oxygen atoms in total. The number of aromatic nitrogens is 1. The molecule has 174 valence electrons. The first-order valence-electron chi connectivity index (χ1n) is 11.3. The van der Waals surface area contributed by atoms with Crippen molar-refractivity contribution in [2.45, 2.75) is 32.2 Å². The third kappa shape index (κ3) is 5.69. The van der Waals surface area contributed by atoms with E-state index < -0.39 is 0 Å². The van der Waals surface area contributed by atoms with Gasteiger partial charge < -0.3 is 15.2 Å². The van der Waals surface area contributed by atoms with E-state index in [1.54, 1.807) is 0 Å². The first kappa shape index (κ1) is 23.6. The predicted octanol–water partition coefficient (Wildman–Crippen LogP) is 5.73. The first-order valence-corrected chi connectivity index (χ1v) is 12.3. The molecule has 2 N–H and O–H groups in total. The molecule has 0 aliphatic heterocycles. The van der Waals surface area contributed by atoms with Crippen LogP contribution in [0.15, 0.2) is 77.8 Å². The average Bonchev–Trinajstić information content (AvgIpc) is 3.15. The van der Waals surface area contributed by atoms with Gasteiger partial charge in [0.1, 0.15) is 0 Å². The van der Waals surface area contributed by atoms with Crippen LogP contribution in [-0.2, 0) is 11.3 Å². The molecule has 0 radical (unpaired) electrons. The number of nitrogens with zero attached hydrogens (tertiary/aromatic N) is 1. The number of fused-ring (bicyclic) bond motifs is 1. The van der Waals surface area contributed by atoms with Crippen LogP contribution in [0.4, 0.5) is 5.69 Å². The summed E-state index contributed by atoms with van der Waals surface area (Å²) in [5.41, 5.74) is 5.83. The fourth-order valence-corrected chi connectivity index (χ4v) is 5.00. The summed E-state index contributed by atoms with van der Waals surface area (Å²) < 4.78 is 2.14. The summed E-state index contributed by atoms with van der Waals surface area (Å²) in [4.78, 5) is 26.2. The number of para-hydroxylation sites is 1. The van der Waals surface area contributed by atoms with Crippen LogP contribution in [-0.4, -0.2) is 28.7 Å². The molecule has 4 rings (SSSR count). The molecular formula is C28H29N3O2S. The summed E-state index contributed by atoms with van der Waals surface area (Å²) in [6, 6.07) is 21.8. The smallest absolute Gasteiger partial charge is 0.251 e. The SMILES string of the molecule is Cc1cc(C)cc(NC(=O)CSc2cn(CCNC(=O)c3ccccc3C)c3ccccc23)c1. The Kier molecular flexibility index (Phi) is 7.38. The van der Waals surface area contributed by atoms with E-state index >= 15 is 0 Å². The highest BCUT2D eigenvalue weighted by Crippen LogP contribution is 2.30. The monoisotopic (exact) mass is 471 g/mol. The van der Waals surface area contributed by atoms with E-state index in [0.29, 0.717) is 24.4 Å². The Hall–Kier alpha value is -3.51.